The summed E-state index contributed by atoms with van der Waals surface area (Å²) in [4.78, 5) is 0. The summed E-state index contributed by atoms with van der Waals surface area (Å²) in [5.74, 6) is 0. The van der Waals surface area contributed by atoms with E-state index in [1.807, 2.05) is 62.4 Å². The van der Waals surface area contributed by atoms with Crippen LogP contribution in [0.2, 0.25) is 0 Å². The first-order chi connectivity index (χ1) is 7.61. The molecule has 2 rings (SSSR count). The molecule has 0 saturated heterocycles. The van der Waals surface area contributed by atoms with E-state index in [1.165, 1.54) is 11.1 Å². The maximum atomic E-state index is 5.56. The topological polar surface area (TPSA) is 52.0 Å². The third-order valence-corrected chi connectivity index (χ3v) is 2.43. The molecule has 0 aliphatic carbocycles. The molecule has 0 aromatic heterocycles. The smallest absolute Gasteiger partial charge is 0.335 e. The molecule has 2 aromatic carbocycles. The Labute approximate surface area is 114 Å². The Morgan fingerprint density at radius 1 is 0.706 bits per heavy atom. The van der Waals surface area contributed by atoms with Crippen LogP contribution in [-0.2, 0) is 17.1 Å². The van der Waals surface area contributed by atoms with Crippen LogP contribution in [0.5, 0.6) is 0 Å². The Balaban J connectivity index is 0.000000284. The van der Waals surface area contributed by atoms with Gasteiger partial charge in [-0.05, 0) is 12.1 Å². The zero-order valence-corrected chi connectivity index (χ0v) is 11.4. The first kappa shape index (κ1) is 16.1. The summed E-state index contributed by atoms with van der Waals surface area (Å²) in [5.41, 5.74) is 13.5. The van der Waals surface area contributed by atoms with E-state index in [0.29, 0.717) is 0 Å². The summed E-state index contributed by atoms with van der Waals surface area (Å²) in [7, 11) is 0. The molecule has 2 nitrogen and oxygen atoms in total. The van der Waals surface area contributed by atoms with Gasteiger partial charge in [0.25, 0.3) is 0 Å². The van der Waals surface area contributed by atoms with Crippen molar-refractivity contribution in [2.75, 3.05) is 0 Å². The van der Waals surface area contributed by atoms with Crippen LogP contribution in [0.25, 0.3) is 0 Å². The number of hydrogen-bond donors (Lipinski definition) is 2. The van der Waals surface area contributed by atoms with Gasteiger partial charge >= 0.3 is 17.1 Å². The standard InChI is InChI=1S/2C7H10N.Fe/c2*1-6(8)7-4-2-3-5-7;/h2*2-6H,8H2,1H3;/q2*-1;+2. The van der Waals surface area contributed by atoms with E-state index in [1.54, 1.807) is 0 Å². The van der Waals surface area contributed by atoms with Crippen LogP contribution in [0.4, 0.5) is 0 Å². The first-order valence-electron chi connectivity index (χ1n) is 5.55. The number of rotatable bonds is 2. The van der Waals surface area contributed by atoms with Crippen molar-refractivity contribution in [3.63, 3.8) is 0 Å². The van der Waals surface area contributed by atoms with E-state index in [2.05, 4.69) is 0 Å². The Hall–Kier alpha value is -0.861. The maximum absolute atomic E-state index is 5.56. The minimum atomic E-state index is 0. The third-order valence-electron chi connectivity index (χ3n) is 2.43. The predicted octanol–water partition coefficient (Wildman–Crippen LogP) is 2.85. The molecule has 0 bridgehead atoms. The van der Waals surface area contributed by atoms with Crippen molar-refractivity contribution in [1.29, 1.82) is 0 Å². The average Bonchev–Trinajstić information content (AvgIpc) is 2.93. The normalized spacial score (nSPS) is 12.9. The van der Waals surface area contributed by atoms with Gasteiger partial charge in [0.2, 0.25) is 0 Å². The largest absolute Gasteiger partial charge is 2.00 e. The fourth-order valence-corrected chi connectivity index (χ4v) is 1.38. The van der Waals surface area contributed by atoms with Crippen LogP contribution < -0.4 is 11.5 Å². The van der Waals surface area contributed by atoms with Crippen molar-refractivity contribution in [1.82, 2.24) is 0 Å². The van der Waals surface area contributed by atoms with E-state index in [9.17, 15) is 0 Å². The van der Waals surface area contributed by atoms with E-state index in [0.717, 1.165) is 0 Å². The van der Waals surface area contributed by atoms with Crippen LogP contribution in [0.3, 0.4) is 0 Å². The fourth-order valence-electron chi connectivity index (χ4n) is 1.38. The molecule has 2 atom stereocenters. The molecule has 0 aliphatic heterocycles. The Morgan fingerprint density at radius 3 is 1.06 bits per heavy atom. The van der Waals surface area contributed by atoms with Gasteiger partial charge in [-0.2, -0.15) is 24.3 Å². The molecule has 0 aliphatic rings. The molecule has 0 radical (unpaired) electrons. The molecule has 4 N–H and O–H groups in total. The van der Waals surface area contributed by atoms with Crippen molar-refractivity contribution in [3.8, 4) is 0 Å². The quantitative estimate of drug-likeness (QED) is 0.652. The third kappa shape index (κ3) is 5.85. The average molecular weight is 272 g/mol. The Morgan fingerprint density at radius 2 is 0.941 bits per heavy atom. The molecule has 3 heteroatoms. The van der Waals surface area contributed by atoms with E-state index in [4.69, 9.17) is 11.5 Å². The zero-order chi connectivity index (χ0) is 12.0. The molecule has 0 spiro atoms. The second kappa shape index (κ2) is 8.26. The molecule has 94 valence electrons. The molecular weight excluding hydrogens is 252 g/mol. The fraction of sp³-hybridized carbons (Fsp3) is 0.286. The van der Waals surface area contributed by atoms with Gasteiger partial charge in [-0.15, -0.1) is 11.1 Å². The summed E-state index contributed by atoms with van der Waals surface area (Å²) in [6.45, 7) is 3.96. The molecule has 0 amide bonds. The van der Waals surface area contributed by atoms with E-state index < -0.39 is 0 Å². The summed E-state index contributed by atoms with van der Waals surface area (Å²) >= 11 is 0. The molecule has 2 unspecified atom stereocenters. The van der Waals surface area contributed by atoms with Crippen molar-refractivity contribution in [2.24, 2.45) is 11.5 Å². The SMILES string of the molecule is CC(N)[c-]1cccc1.CC(N)[c-]1cccc1.[Fe+2]. The van der Waals surface area contributed by atoms with Gasteiger partial charge in [0.1, 0.15) is 0 Å². The summed E-state index contributed by atoms with van der Waals surface area (Å²) in [6.07, 6.45) is 0. The molecule has 0 saturated carbocycles. The molecule has 0 fully saturated rings. The Bertz CT molecular complexity index is 323. The van der Waals surface area contributed by atoms with Crippen LogP contribution >= 0.6 is 0 Å². The van der Waals surface area contributed by atoms with Crippen LogP contribution in [-0.4, -0.2) is 0 Å². The van der Waals surface area contributed by atoms with Crippen molar-refractivity contribution < 1.29 is 17.1 Å². The van der Waals surface area contributed by atoms with Crippen molar-refractivity contribution >= 4 is 0 Å². The molecule has 0 heterocycles. The first-order valence-corrected chi connectivity index (χ1v) is 5.55. The minimum Gasteiger partial charge on any atom is -0.335 e. The van der Waals surface area contributed by atoms with Crippen molar-refractivity contribution in [3.05, 3.63) is 59.7 Å². The predicted molar refractivity (Wildman–Crippen MR) is 69.3 cm³/mol. The van der Waals surface area contributed by atoms with Crippen LogP contribution in [0, 0.1) is 0 Å². The van der Waals surface area contributed by atoms with Crippen molar-refractivity contribution in [2.45, 2.75) is 25.9 Å². The van der Waals surface area contributed by atoms with Crippen LogP contribution in [0.15, 0.2) is 48.5 Å². The van der Waals surface area contributed by atoms with Gasteiger partial charge in [-0.3, -0.25) is 0 Å². The summed E-state index contributed by atoms with van der Waals surface area (Å²) in [6, 6.07) is 16.5. The van der Waals surface area contributed by atoms with E-state index in [-0.39, 0.29) is 29.2 Å². The van der Waals surface area contributed by atoms with Gasteiger partial charge in [-0.25, -0.2) is 24.3 Å². The summed E-state index contributed by atoms with van der Waals surface area (Å²) < 4.78 is 0. The Kier molecular flexibility index (Phi) is 7.84. The second-order valence-electron chi connectivity index (χ2n) is 4.01. The van der Waals surface area contributed by atoms with Crippen LogP contribution in [0.1, 0.15) is 37.1 Å². The van der Waals surface area contributed by atoms with E-state index >= 15 is 0 Å². The van der Waals surface area contributed by atoms with Gasteiger partial charge < -0.3 is 11.5 Å². The van der Waals surface area contributed by atoms with Gasteiger partial charge in [0.15, 0.2) is 0 Å². The molecule has 2 aromatic rings. The zero-order valence-electron chi connectivity index (χ0n) is 10.3. The molecule has 17 heavy (non-hydrogen) atoms. The maximum Gasteiger partial charge on any atom is 2.00 e. The van der Waals surface area contributed by atoms with Gasteiger partial charge in [-0.1, -0.05) is 13.8 Å². The summed E-state index contributed by atoms with van der Waals surface area (Å²) in [5, 5.41) is 0. The van der Waals surface area contributed by atoms with Gasteiger partial charge in [0, 0.05) is 0 Å². The number of hydrogen-bond acceptors (Lipinski definition) is 2. The number of nitrogens with two attached hydrogens (primary N) is 2. The molecular formula is C14H20FeN2. The van der Waals surface area contributed by atoms with Gasteiger partial charge in [0.05, 0.1) is 0 Å². The monoisotopic (exact) mass is 272 g/mol. The minimum absolute atomic E-state index is 0. The second-order valence-corrected chi connectivity index (χ2v) is 4.01.